The van der Waals surface area contributed by atoms with Crippen molar-refractivity contribution in [1.82, 2.24) is 10.6 Å². The van der Waals surface area contributed by atoms with Gasteiger partial charge in [0.15, 0.2) is 0 Å². The van der Waals surface area contributed by atoms with Crippen LogP contribution >= 0.6 is 0 Å². The van der Waals surface area contributed by atoms with Crippen molar-refractivity contribution in [3.8, 4) is 0 Å². The molecular weight excluding hydrogens is 242 g/mol. The van der Waals surface area contributed by atoms with E-state index in [2.05, 4.69) is 10.6 Å². The summed E-state index contributed by atoms with van der Waals surface area (Å²) in [7, 11) is 0. The van der Waals surface area contributed by atoms with Gasteiger partial charge >= 0.3 is 0 Å². The first-order valence-electron chi connectivity index (χ1n) is 6.65. The second-order valence-electron chi connectivity index (χ2n) is 4.93. The van der Waals surface area contributed by atoms with Crippen molar-refractivity contribution in [3.63, 3.8) is 0 Å². The van der Waals surface area contributed by atoms with Crippen molar-refractivity contribution >= 4 is 17.5 Å². The number of carbonyl (C=O) groups is 2. The molecule has 0 bridgehead atoms. The molecule has 1 aromatic rings. The lowest BCUT2D eigenvalue weighted by Gasteiger charge is -2.25. The predicted octanol–water partition coefficient (Wildman–Crippen LogP) is 0.0538. The third-order valence-corrected chi connectivity index (χ3v) is 3.70. The van der Waals surface area contributed by atoms with Crippen molar-refractivity contribution in [2.24, 2.45) is 0 Å². The fourth-order valence-corrected chi connectivity index (χ4v) is 2.69. The third kappa shape index (κ3) is 2.33. The van der Waals surface area contributed by atoms with Crippen LogP contribution in [0, 0.1) is 0 Å². The molecule has 0 spiro atoms. The summed E-state index contributed by atoms with van der Waals surface area (Å²) in [4.78, 5) is 25.8. The monoisotopic (exact) mass is 259 g/mol. The van der Waals surface area contributed by atoms with Crippen LogP contribution in [-0.2, 0) is 16.0 Å². The minimum absolute atomic E-state index is 0.0134. The number of rotatable bonds is 2. The number of nitrogens with zero attached hydrogens (tertiary/aromatic N) is 1. The Morgan fingerprint density at radius 1 is 1.32 bits per heavy atom. The summed E-state index contributed by atoms with van der Waals surface area (Å²) >= 11 is 0. The maximum absolute atomic E-state index is 12.3. The SMILES string of the molecule is O=C1NCCN[C@H]1CC(=O)N1CCc2ccccc21. The molecule has 0 saturated carbocycles. The molecule has 0 radical (unpaired) electrons. The molecule has 0 aliphatic carbocycles. The van der Waals surface area contributed by atoms with Gasteiger partial charge in [0.2, 0.25) is 11.8 Å². The van der Waals surface area contributed by atoms with Crippen LogP contribution in [0.3, 0.4) is 0 Å². The van der Waals surface area contributed by atoms with E-state index in [1.54, 1.807) is 4.90 Å². The highest BCUT2D eigenvalue weighted by Gasteiger charge is 2.29. The largest absolute Gasteiger partial charge is 0.353 e. The number of nitrogens with one attached hydrogen (secondary N) is 2. The quantitative estimate of drug-likeness (QED) is 0.789. The molecule has 2 heterocycles. The first-order chi connectivity index (χ1) is 9.25. The van der Waals surface area contributed by atoms with Crippen LogP contribution in [0.2, 0.25) is 0 Å². The van der Waals surface area contributed by atoms with Crippen molar-refractivity contribution in [2.45, 2.75) is 18.9 Å². The lowest BCUT2D eigenvalue weighted by atomic mass is 10.1. The zero-order valence-corrected chi connectivity index (χ0v) is 10.7. The molecule has 2 amide bonds. The maximum Gasteiger partial charge on any atom is 0.237 e. The molecule has 1 atom stereocenters. The van der Waals surface area contributed by atoms with Gasteiger partial charge in [-0.3, -0.25) is 9.59 Å². The first-order valence-corrected chi connectivity index (χ1v) is 6.65. The molecule has 3 rings (SSSR count). The van der Waals surface area contributed by atoms with E-state index < -0.39 is 6.04 Å². The Kier molecular flexibility index (Phi) is 3.21. The Bertz CT molecular complexity index is 515. The Balaban J connectivity index is 1.70. The van der Waals surface area contributed by atoms with E-state index in [0.717, 1.165) is 18.7 Å². The Labute approximate surface area is 112 Å². The van der Waals surface area contributed by atoms with Gasteiger partial charge in [0.1, 0.15) is 0 Å². The van der Waals surface area contributed by atoms with Crippen LogP contribution in [0.1, 0.15) is 12.0 Å². The number of hydrogen-bond donors (Lipinski definition) is 2. The molecule has 0 unspecified atom stereocenters. The topological polar surface area (TPSA) is 61.4 Å². The van der Waals surface area contributed by atoms with Gasteiger partial charge in [-0.1, -0.05) is 18.2 Å². The van der Waals surface area contributed by atoms with Crippen LogP contribution in [0.25, 0.3) is 0 Å². The van der Waals surface area contributed by atoms with Crippen LogP contribution in [0.5, 0.6) is 0 Å². The lowest BCUT2D eigenvalue weighted by molar-refractivity contribution is -0.128. The summed E-state index contributed by atoms with van der Waals surface area (Å²) in [6.07, 6.45) is 1.12. The molecule has 2 N–H and O–H groups in total. The molecule has 5 heteroatoms. The molecule has 1 fully saturated rings. The van der Waals surface area contributed by atoms with Crippen LogP contribution in [0.15, 0.2) is 24.3 Å². The molecule has 0 aromatic heterocycles. The third-order valence-electron chi connectivity index (χ3n) is 3.70. The van der Waals surface area contributed by atoms with E-state index in [1.165, 1.54) is 5.56 Å². The summed E-state index contributed by atoms with van der Waals surface area (Å²) in [5, 5.41) is 5.86. The van der Waals surface area contributed by atoms with E-state index in [4.69, 9.17) is 0 Å². The standard InChI is InChI=1S/C14H17N3O2/c18-13(9-11-14(19)16-7-6-15-11)17-8-5-10-3-1-2-4-12(10)17/h1-4,11,15H,5-9H2,(H,16,19)/t11-/m0/s1. The normalized spacial score (nSPS) is 22.0. The zero-order chi connectivity index (χ0) is 13.2. The van der Waals surface area contributed by atoms with Crippen LogP contribution < -0.4 is 15.5 Å². The average molecular weight is 259 g/mol. The number of anilines is 1. The van der Waals surface area contributed by atoms with E-state index in [0.29, 0.717) is 13.1 Å². The van der Waals surface area contributed by atoms with Gasteiger partial charge in [-0.2, -0.15) is 0 Å². The number of carbonyl (C=O) groups excluding carboxylic acids is 2. The second-order valence-corrected chi connectivity index (χ2v) is 4.93. The molecule has 1 saturated heterocycles. The predicted molar refractivity (Wildman–Crippen MR) is 71.9 cm³/mol. The fraction of sp³-hybridized carbons (Fsp3) is 0.429. The first kappa shape index (κ1) is 12.2. The number of piperazine rings is 1. The molecule has 2 aliphatic rings. The summed E-state index contributed by atoms with van der Waals surface area (Å²) in [6, 6.07) is 7.55. The van der Waals surface area contributed by atoms with Crippen molar-refractivity contribution in [3.05, 3.63) is 29.8 Å². The minimum Gasteiger partial charge on any atom is -0.353 e. The highest BCUT2D eigenvalue weighted by molar-refractivity contribution is 5.98. The number of para-hydroxylation sites is 1. The van der Waals surface area contributed by atoms with Gasteiger partial charge in [0.05, 0.1) is 12.5 Å². The lowest BCUT2D eigenvalue weighted by Crippen LogP contribution is -2.54. The Morgan fingerprint density at radius 2 is 2.16 bits per heavy atom. The van der Waals surface area contributed by atoms with Crippen molar-refractivity contribution in [1.29, 1.82) is 0 Å². The van der Waals surface area contributed by atoms with Gasteiger partial charge in [-0.25, -0.2) is 0 Å². The van der Waals surface area contributed by atoms with Crippen molar-refractivity contribution < 1.29 is 9.59 Å². The smallest absolute Gasteiger partial charge is 0.237 e. The van der Waals surface area contributed by atoms with E-state index >= 15 is 0 Å². The Hall–Kier alpha value is -1.88. The molecular formula is C14H17N3O2. The van der Waals surface area contributed by atoms with Crippen LogP contribution in [0.4, 0.5) is 5.69 Å². The van der Waals surface area contributed by atoms with Gasteiger partial charge in [0.25, 0.3) is 0 Å². The zero-order valence-electron chi connectivity index (χ0n) is 10.7. The molecule has 5 nitrogen and oxygen atoms in total. The molecule has 1 aromatic carbocycles. The van der Waals surface area contributed by atoms with E-state index in [-0.39, 0.29) is 18.2 Å². The number of benzene rings is 1. The fourth-order valence-electron chi connectivity index (χ4n) is 2.69. The number of fused-ring (bicyclic) bond motifs is 1. The molecule has 100 valence electrons. The second kappa shape index (κ2) is 5.01. The minimum atomic E-state index is -0.394. The highest BCUT2D eigenvalue weighted by Crippen LogP contribution is 2.28. The van der Waals surface area contributed by atoms with Crippen molar-refractivity contribution in [2.75, 3.05) is 24.5 Å². The summed E-state index contributed by atoms with van der Waals surface area (Å²) in [5.74, 6) is -0.0633. The van der Waals surface area contributed by atoms with Crippen LogP contribution in [-0.4, -0.2) is 37.5 Å². The molecule has 19 heavy (non-hydrogen) atoms. The van der Waals surface area contributed by atoms with Gasteiger partial charge in [-0.05, 0) is 18.1 Å². The van der Waals surface area contributed by atoms with E-state index in [1.807, 2.05) is 24.3 Å². The average Bonchev–Trinajstić information content (AvgIpc) is 2.85. The number of hydrogen-bond acceptors (Lipinski definition) is 3. The van der Waals surface area contributed by atoms with Gasteiger partial charge in [-0.15, -0.1) is 0 Å². The Morgan fingerprint density at radius 3 is 3.00 bits per heavy atom. The maximum atomic E-state index is 12.3. The van der Waals surface area contributed by atoms with E-state index in [9.17, 15) is 9.59 Å². The van der Waals surface area contributed by atoms with Gasteiger partial charge in [0, 0.05) is 25.3 Å². The summed E-state index contributed by atoms with van der Waals surface area (Å²) < 4.78 is 0. The summed E-state index contributed by atoms with van der Waals surface area (Å²) in [5.41, 5.74) is 2.20. The summed E-state index contributed by atoms with van der Waals surface area (Å²) in [6.45, 7) is 2.07. The van der Waals surface area contributed by atoms with Gasteiger partial charge < -0.3 is 15.5 Å². The number of amides is 2. The molecule has 2 aliphatic heterocycles. The highest BCUT2D eigenvalue weighted by atomic mass is 16.2.